The maximum absolute atomic E-state index is 11.3. The number of benzene rings is 1. The summed E-state index contributed by atoms with van der Waals surface area (Å²) < 4.78 is 23.0. The Bertz CT molecular complexity index is 492. The number of ether oxygens (including phenoxy) is 4. The molecule has 0 bridgehead atoms. The Morgan fingerprint density at radius 3 is 2.00 bits per heavy atom. The number of nitrogens with zero attached hydrogens (tertiary/aromatic N) is 1. The largest absolute Gasteiger partial charge is 0.493 e. The third-order valence-electron chi connectivity index (χ3n) is 2.68. The van der Waals surface area contributed by atoms with Crippen LogP contribution in [0.3, 0.4) is 0 Å². The third-order valence-corrected chi connectivity index (χ3v) is 3.56. The van der Waals surface area contributed by atoms with Gasteiger partial charge in [0.05, 0.1) is 44.0 Å². The molecule has 0 saturated heterocycles. The van der Waals surface area contributed by atoms with Crippen LogP contribution in [-0.2, 0) is 9.47 Å². The Hall–Kier alpha value is -0.400. The predicted octanol–water partition coefficient (Wildman–Crippen LogP) is 3.51. The molecule has 0 aliphatic carbocycles. The Kier molecular flexibility index (Phi) is 9.28. The topological polar surface area (TPSA) is 80.1 Å². The van der Waals surface area contributed by atoms with Gasteiger partial charge in [0.2, 0.25) is 0 Å². The molecule has 1 aromatic rings. The lowest BCUT2D eigenvalue weighted by atomic mass is 10.1. The minimum absolute atomic E-state index is 0.121. The quantitative estimate of drug-likeness (QED) is 0.150. The molecule has 9 heteroatoms. The van der Waals surface area contributed by atoms with Gasteiger partial charge in [-0.3, -0.25) is 10.1 Å². The molecule has 22 heavy (non-hydrogen) atoms. The lowest BCUT2D eigenvalue weighted by Crippen LogP contribution is -2.14. The smallest absolute Gasteiger partial charge is 0.281 e. The summed E-state index contributed by atoms with van der Waals surface area (Å²) in [6.07, 6.45) is -0.815. The van der Waals surface area contributed by atoms with Gasteiger partial charge in [-0.05, 0) is 6.07 Å². The number of alkyl halides is 2. The highest BCUT2D eigenvalue weighted by molar-refractivity contribution is 14.1. The first-order valence-electron chi connectivity index (χ1n) is 6.34. The number of rotatable bonds is 10. The van der Waals surface area contributed by atoms with E-state index in [1.807, 2.05) is 0 Å². The fourth-order valence-corrected chi connectivity index (χ4v) is 2.27. The number of methoxy groups -OCH3 is 2. The van der Waals surface area contributed by atoms with Crippen LogP contribution in [0.15, 0.2) is 12.1 Å². The average Bonchev–Trinajstić information content (AvgIpc) is 2.53. The number of nitro benzene ring substituents is 1. The molecule has 0 heterocycles. The highest BCUT2D eigenvalue weighted by Crippen LogP contribution is 2.38. The van der Waals surface area contributed by atoms with E-state index in [9.17, 15) is 10.1 Å². The van der Waals surface area contributed by atoms with Crippen LogP contribution in [0.4, 0.5) is 5.69 Å². The summed E-state index contributed by atoms with van der Waals surface area (Å²) in [5.41, 5.74) is 0.196. The summed E-state index contributed by atoms with van der Waals surface area (Å²) in [6.45, 7) is 0.857. The van der Waals surface area contributed by atoms with Crippen LogP contribution in [0.2, 0.25) is 0 Å². The zero-order valence-electron chi connectivity index (χ0n) is 12.2. The molecule has 0 atom stereocenters. The van der Waals surface area contributed by atoms with Gasteiger partial charge >= 0.3 is 0 Å². The number of nitro groups is 1. The van der Waals surface area contributed by atoms with Gasteiger partial charge in [0.1, 0.15) is 0 Å². The molecule has 0 aliphatic rings. The second kappa shape index (κ2) is 10.4. The van der Waals surface area contributed by atoms with Crippen LogP contribution < -0.4 is 9.47 Å². The molecule has 0 aliphatic heterocycles. The Balaban J connectivity index is 3.27. The molecule has 0 saturated carbocycles. The Morgan fingerprint density at radius 2 is 1.59 bits per heavy atom. The summed E-state index contributed by atoms with van der Waals surface area (Å²) in [6, 6.07) is 2.85. The first kappa shape index (κ1) is 19.6. The highest BCUT2D eigenvalue weighted by Gasteiger charge is 2.27. The van der Waals surface area contributed by atoms with E-state index in [1.165, 1.54) is 26.4 Å². The van der Waals surface area contributed by atoms with Crippen molar-refractivity contribution in [1.29, 1.82) is 0 Å². The van der Waals surface area contributed by atoms with Crippen molar-refractivity contribution in [1.82, 2.24) is 0 Å². The van der Waals surface area contributed by atoms with E-state index in [4.69, 9.17) is 18.9 Å². The summed E-state index contributed by atoms with van der Waals surface area (Å²) in [4.78, 5) is 10.9. The van der Waals surface area contributed by atoms with Gasteiger partial charge in [-0.15, -0.1) is 0 Å². The minimum atomic E-state index is -0.815. The molecule has 124 valence electrons. The molecule has 0 amide bonds. The van der Waals surface area contributed by atoms with Crippen molar-refractivity contribution in [2.75, 3.05) is 36.3 Å². The summed E-state index contributed by atoms with van der Waals surface area (Å²) in [5, 5.41) is 11.3. The molecule has 0 spiro atoms. The first-order chi connectivity index (χ1) is 10.6. The second-order valence-corrected chi connectivity index (χ2v) is 6.13. The Labute approximate surface area is 156 Å². The van der Waals surface area contributed by atoms with Crippen LogP contribution in [-0.4, -0.2) is 41.2 Å². The van der Waals surface area contributed by atoms with Crippen molar-refractivity contribution in [3.05, 3.63) is 27.8 Å². The van der Waals surface area contributed by atoms with Crippen molar-refractivity contribution in [3.63, 3.8) is 0 Å². The zero-order chi connectivity index (χ0) is 16.5. The van der Waals surface area contributed by atoms with Gasteiger partial charge in [-0.1, -0.05) is 45.2 Å². The molecule has 0 unspecified atom stereocenters. The summed E-state index contributed by atoms with van der Waals surface area (Å²) in [7, 11) is 2.90. The molecule has 7 nitrogen and oxygen atoms in total. The number of hydrogen-bond donors (Lipinski definition) is 0. The van der Waals surface area contributed by atoms with Gasteiger partial charge in [0, 0.05) is 8.86 Å². The fourth-order valence-electron chi connectivity index (χ4n) is 1.76. The molecular formula is C13H17I2NO6. The van der Waals surface area contributed by atoms with E-state index >= 15 is 0 Å². The van der Waals surface area contributed by atoms with Gasteiger partial charge in [0.15, 0.2) is 17.8 Å². The highest BCUT2D eigenvalue weighted by atomic mass is 127. The molecular weight excluding hydrogens is 520 g/mol. The lowest BCUT2D eigenvalue weighted by molar-refractivity contribution is -0.387. The van der Waals surface area contributed by atoms with E-state index in [-0.39, 0.29) is 5.69 Å². The minimum Gasteiger partial charge on any atom is -0.493 e. The van der Waals surface area contributed by atoms with Crippen molar-refractivity contribution >= 4 is 50.9 Å². The fraction of sp³-hybridized carbons (Fsp3) is 0.538. The van der Waals surface area contributed by atoms with Crippen molar-refractivity contribution in [3.8, 4) is 11.5 Å². The van der Waals surface area contributed by atoms with Gasteiger partial charge in [-0.25, -0.2) is 0 Å². The van der Waals surface area contributed by atoms with Gasteiger partial charge in [-0.2, -0.15) is 0 Å². The number of hydrogen-bond acceptors (Lipinski definition) is 6. The summed E-state index contributed by atoms with van der Waals surface area (Å²) >= 11 is 4.33. The maximum Gasteiger partial charge on any atom is 0.281 e. The Morgan fingerprint density at radius 1 is 1.09 bits per heavy atom. The third kappa shape index (κ3) is 5.35. The average molecular weight is 537 g/mol. The van der Waals surface area contributed by atoms with Crippen molar-refractivity contribution in [2.24, 2.45) is 0 Å². The molecule has 1 aromatic carbocycles. The first-order valence-corrected chi connectivity index (χ1v) is 9.39. The molecule has 1 rings (SSSR count). The van der Waals surface area contributed by atoms with Crippen molar-refractivity contribution < 1.29 is 23.9 Å². The van der Waals surface area contributed by atoms with Crippen LogP contribution in [0.1, 0.15) is 11.9 Å². The normalized spacial score (nSPS) is 10.8. The van der Waals surface area contributed by atoms with E-state index in [0.29, 0.717) is 30.3 Å². The van der Waals surface area contributed by atoms with E-state index in [1.54, 1.807) is 0 Å². The second-order valence-electron chi connectivity index (χ2n) is 3.97. The standard InChI is InChI=1S/C13H17I2NO6/c1-19-11-7-9(10(16(17)18)8-12(11)20-2)13(21-5-3-14)22-6-4-15/h7-8,13H,3-6H2,1-2H3. The van der Waals surface area contributed by atoms with E-state index < -0.39 is 11.2 Å². The van der Waals surface area contributed by atoms with E-state index in [0.717, 1.165) is 8.86 Å². The van der Waals surface area contributed by atoms with Gasteiger partial charge < -0.3 is 18.9 Å². The monoisotopic (exact) mass is 537 g/mol. The zero-order valence-corrected chi connectivity index (χ0v) is 16.5. The molecule has 0 aromatic heterocycles. The van der Waals surface area contributed by atoms with Crippen LogP contribution in [0.5, 0.6) is 11.5 Å². The lowest BCUT2D eigenvalue weighted by Gasteiger charge is -2.19. The van der Waals surface area contributed by atoms with Crippen LogP contribution >= 0.6 is 45.2 Å². The predicted molar refractivity (Wildman–Crippen MR) is 98.6 cm³/mol. The van der Waals surface area contributed by atoms with E-state index in [2.05, 4.69) is 45.2 Å². The molecule has 0 radical (unpaired) electrons. The molecule has 0 N–H and O–H groups in total. The summed E-state index contributed by atoms with van der Waals surface area (Å²) in [5.74, 6) is 0.684. The molecule has 0 fully saturated rings. The van der Waals surface area contributed by atoms with Crippen LogP contribution in [0.25, 0.3) is 0 Å². The number of halogens is 2. The van der Waals surface area contributed by atoms with Crippen LogP contribution in [0, 0.1) is 10.1 Å². The maximum atomic E-state index is 11.3. The SMILES string of the molecule is COc1cc(C(OCCI)OCCI)c([N+](=O)[O-])cc1OC. The van der Waals surface area contributed by atoms with Gasteiger partial charge in [0.25, 0.3) is 5.69 Å². The van der Waals surface area contributed by atoms with Crippen molar-refractivity contribution in [2.45, 2.75) is 6.29 Å².